The molecule has 0 aliphatic carbocycles. The number of hydrogen-bond donors (Lipinski definition) is 0. The van der Waals surface area contributed by atoms with Gasteiger partial charge in [-0.1, -0.05) is 0 Å². The third kappa shape index (κ3) is 3.25. The van der Waals surface area contributed by atoms with Crippen LogP contribution < -0.4 is 0 Å². The van der Waals surface area contributed by atoms with Crippen LogP contribution in [-0.4, -0.2) is 44.4 Å². The van der Waals surface area contributed by atoms with Gasteiger partial charge in [0.2, 0.25) is 0 Å². The minimum atomic E-state index is 0.0565. The predicted molar refractivity (Wildman–Crippen MR) is 51.2 cm³/mol. The Morgan fingerprint density at radius 3 is 3.00 bits per heavy atom. The Kier molecular flexibility index (Phi) is 4.70. The van der Waals surface area contributed by atoms with Gasteiger partial charge in [0.25, 0.3) is 0 Å². The van der Waals surface area contributed by atoms with Crippen LogP contribution >= 0.6 is 0 Å². The summed E-state index contributed by atoms with van der Waals surface area (Å²) in [6.07, 6.45) is 2.36. The van der Waals surface area contributed by atoms with Crippen LogP contribution in [0.1, 0.15) is 19.8 Å². The van der Waals surface area contributed by atoms with Crippen molar-refractivity contribution in [2.75, 3.05) is 33.4 Å². The summed E-state index contributed by atoms with van der Waals surface area (Å²) in [7, 11) is 1.77. The van der Waals surface area contributed by atoms with Gasteiger partial charge in [-0.15, -0.1) is 0 Å². The van der Waals surface area contributed by atoms with E-state index in [-0.39, 0.29) is 6.61 Å². The van der Waals surface area contributed by atoms with Crippen LogP contribution in [0.4, 0.5) is 0 Å². The van der Waals surface area contributed by atoms with Crippen LogP contribution in [0.5, 0.6) is 0 Å². The summed E-state index contributed by atoms with van der Waals surface area (Å²) >= 11 is 0. The average molecular weight is 186 g/mol. The summed E-state index contributed by atoms with van der Waals surface area (Å²) in [5, 5.41) is 10.3. The highest BCUT2D eigenvalue weighted by Gasteiger charge is 2.26. The molecule has 0 saturated carbocycles. The second-order valence-corrected chi connectivity index (χ2v) is 3.85. The fourth-order valence-corrected chi connectivity index (χ4v) is 1.93. The molecule has 0 N–H and O–H groups in total. The highest BCUT2D eigenvalue weighted by molar-refractivity contribution is 4.79. The largest absolute Gasteiger partial charge is 0.381 e. The fourth-order valence-electron chi connectivity index (χ4n) is 1.93. The Hall–Kier alpha value is -0.120. The van der Waals surface area contributed by atoms with E-state index in [1.165, 1.54) is 6.42 Å². The number of hydrogen-bond acceptors (Lipinski definition) is 2. The second kappa shape index (κ2) is 5.58. The number of methoxy groups -OCH3 is 1. The minimum Gasteiger partial charge on any atom is -0.381 e. The van der Waals surface area contributed by atoms with E-state index in [0.717, 1.165) is 26.1 Å². The molecule has 1 radical (unpaired) electrons. The molecule has 1 heterocycles. The van der Waals surface area contributed by atoms with Gasteiger partial charge in [-0.05, 0) is 32.2 Å². The first-order chi connectivity index (χ1) is 6.27. The van der Waals surface area contributed by atoms with Gasteiger partial charge in [-0.3, -0.25) is 0 Å². The molecule has 1 fully saturated rings. The lowest BCUT2D eigenvalue weighted by Gasteiger charge is -2.18. The van der Waals surface area contributed by atoms with Gasteiger partial charge in [-0.2, -0.15) is 0 Å². The summed E-state index contributed by atoms with van der Waals surface area (Å²) in [5.74, 6) is 0.664. The van der Waals surface area contributed by atoms with Gasteiger partial charge in [0, 0.05) is 20.2 Å². The quantitative estimate of drug-likeness (QED) is 0.645. The molecule has 0 aromatic heterocycles. The van der Waals surface area contributed by atoms with Crippen molar-refractivity contribution in [2.45, 2.75) is 25.9 Å². The summed E-state index contributed by atoms with van der Waals surface area (Å²) in [4.78, 5) is 2.37. The van der Waals surface area contributed by atoms with Crippen LogP contribution in [0, 0.1) is 5.92 Å². The average Bonchev–Trinajstić information content (AvgIpc) is 2.62. The number of nitrogens with zero attached hydrogens (tertiary/aromatic N) is 1. The second-order valence-electron chi connectivity index (χ2n) is 3.85. The molecule has 3 heteroatoms. The molecule has 0 aromatic rings. The van der Waals surface area contributed by atoms with Crippen molar-refractivity contribution in [3.8, 4) is 0 Å². The van der Waals surface area contributed by atoms with Gasteiger partial charge in [0.05, 0.1) is 12.7 Å². The lowest BCUT2D eigenvalue weighted by atomic mass is 10.0. The highest BCUT2D eigenvalue weighted by atomic mass is 16.5. The molecule has 1 saturated heterocycles. The van der Waals surface area contributed by atoms with Gasteiger partial charge >= 0.3 is 0 Å². The summed E-state index contributed by atoms with van der Waals surface area (Å²) in [5.41, 5.74) is 0. The van der Waals surface area contributed by atoms with E-state index < -0.39 is 0 Å². The molecule has 13 heavy (non-hydrogen) atoms. The van der Waals surface area contributed by atoms with Crippen molar-refractivity contribution in [3.63, 3.8) is 0 Å². The molecule has 77 valence electrons. The lowest BCUT2D eigenvalue weighted by Crippen LogP contribution is -2.26. The Balaban J connectivity index is 2.19. The Bertz CT molecular complexity index is 141. The van der Waals surface area contributed by atoms with Crippen LogP contribution in [0.2, 0.25) is 0 Å². The zero-order valence-electron chi connectivity index (χ0n) is 8.66. The maximum atomic E-state index is 10.3. The van der Waals surface area contributed by atoms with Crippen LogP contribution in [0.3, 0.4) is 0 Å². The minimum absolute atomic E-state index is 0.0565. The first-order valence-corrected chi connectivity index (χ1v) is 5.11. The monoisotopic (exact) mass is 186 g/mol. The van der Waals surface area contributed by atoms with Gasteiger partial charge in [0.15, 0.2) is 0 Å². The molecular formula is C10H20NO2. The molecule has 0 spiro atoms. The van der Waals surface area contributed by atoms with E-state index >= 15 is 0 Å². The van der Waals surface area contributed by atoms with Gasteiger partial charge < -0.3 is 9.64 Å². The van der Waals surface area contributed by atoms with Crippen molar-refractivity contribution >= 4 is 0 Å². The van der Waals surface area contributed by atoms with Crippen LogP contribution in [-0.2, 0) is 9.84 Å². The molecular weight excluding hydrogens is 166 g/mol. The van der Waals surface area contributed by atoms with Crippen molar-refractivity contribution in [2.24, 2.45) is 5.92 Å². The zero-order valence-corrected chi connectivity index (χ0v) is 8.66. The molecule has 1 aliphatic heterocycles. The predicted octanol–water partition coefficient (Wildman–Crippen LogP) is 1.16. The first kappa shape index (κ1) is 11.0. The molecule has 0 amide bonds. The topological polar surface area (TPSA) is 32.4 Å². The lowest BCUT2D eigenvalue weighted by molar-refractivity contribution is 0.0690. The summed E-state index contributed by atoms with van der Waals surface area (Å²) in [6, 6.07) is 0. The van der Waals surface area contributed by atoms with Crippen LogP contribution in [0.25, 0.3) is 0 Å². The van der Waals surface area contributed by atoms with Crippen molar-refractivity contribution in [1.82, 2.24) is 4.90 Å². The van der Waals surface area contributed by atoms with Crippen molar-refractivity contribution in [1.29, 1.82) is 0 Å². The van der Waals surface area contributed by atoms with Gasteiger partial charge in [-0.25, -0.2) is 5.11 Å². The van der Waals surface area contributed by atoms with E-state index in [9.17, 15) is 5.11 Å². The first-order valence-electron chi connectivity index (χ1n) is 5.11. The Morgan fingerprint density at radius 2 is 2.38 bits per heavy atom. The molecule has 0 aromatic carbocycles. The highest BCUT2D eigenvalue weighted by Crippen LogP contribution is 2.20. The molecule has 2 atom stereocenters. The molecule has 1 rings (SSSR count). The summed E-state index contributed by atoms with van der Waals surface area (Å²) in [6.45, 7) is 5.40. The summed E-state index contributed by atoms with van der Waals surface area (Å²) < 4.78 is 5.30. The maximum absolute atomic E-state index is 10.3. The Morgan fingerprint density at radius 1 is 1.62 bits per heavy atom. The number of rotatable bonds is 5. The standard InChI is InChI=1S/C10H20NO2/c1-9(13-2)10-4-6-11(8-10)5-3-7-12/h9-10H,3-8H2,1-2H3. The molecule has 2 unspecified atom stereocenters. The normalized spacial score (nSPS) is 26.5. The number of ether oxygens (including phenoxy) is 1. The van der Waals surface area contributed by atoms with E-state index in [0.29, 0.717) is 12.0 Å². The van der Waals surface area contributed by atoms with Gasteiger partial charge in [0.1, 0.15) is 0 Å². The Labute approximate surface area is 80.7 Å². The van der Waals surface area contributed by atoms with Crippen molar-refractivity contribution < 1.29 is 9.84 Å². The van der Waals surface area contributed by atoms with Crippen LogP contribution in [0.15, 0.2) is 0 Å². The fraction of sp³-hybridized carbons (Fsp3) is 1.00. The SMILES string of the molecule is COC(C)C1CCN(CCC[O])C1. The van der Waals surface area contributed by atoms with E-state index in [4.69, 9.17) is 4.74 Å². The smallest absolute Gasteiger partial charge is 0.0834 e. The zero-order chi connectivity index (χ0) is 9.68. The van der Waals surface area contributed by atoms with E-state index in [1.54, 1.807) is 7.11 Å². The van der Waals surface area contributed by atoms with E-state index in [1.807, 2.05) is 0 Å². The maximum Gasteiger partial charge on any atom is 0.0834 e. The van der Waals surface area contributed by atoms with E-state index in [2.05, 4.69) is 11.8 Å². The molecule has 3 nitrogen and oxygen atoms in total. The molecule has 1 aliphatic rings. The van der Waals surface area contributed by atoms with Crippen molar-refractivity contribution in [3.05, 3.63) is 0 Å². The number of likely N-dealkylation sites (tertiary alicyclic amines) is 1. The third-order valence-electron chi connectivity index (χ3n) is 2.96. The third-order valence-corrected chi connectivity index (χ3v) is 2.96. The molecule has 0 bridgehead atoms.